The molecule has 0 aliphatic heterocycles. The van der Waals surface area contributed by atoms with Crippen LogP contribution in [0.4, 0.5) is 0 Å². The van der Waals surface area contributed by atoms with E-state index in [9.17, 15) is 0 Å². The third-order valence-electron chi connectivity index (χ3n) is 3.13. The van der Waals surface area contributed by atoms with E-state index >= 15 is 0 Å². The fourth-order valence-electron chi connectivity index (χ4n) is 2.10. The van der Waals surface area contributed by atoms with Gasteiger partial charge in [-0.15, -0.1) is 11.8 Å². The van der Waals surface area contributed by atoms with Crippen LogP contribution in [-0.4, -0.2) is 21.0 Å². The van der Waals surface area contributed by atoms with Crippen LogP contribution in [0.2, 0.25) is 0 Å². The van der Waals surface area contributed by atoms with Crippen molar-refractivity contribution in [3.05, 3.63) is 58.8 Å². The van der Waals surface area contributed by atoms with Gasteiger partial charge in [-0.1, -0.05) is 28.1 Å². The van der Waals surface area contributed by atoms with Crippen LogP contribution in [0.3, 0.4) is 0 Å². The lowest BCUT2D eigenvalue weighted by Crippen LogP contribution is -1.99. The standard InChI is InChI=1S/C16H14BrN3S/c1-11-18-16(12-3-5-13(17)6-4-12)20(19-11)14-7-9-15(21-2)10-8-14/h3-10H,1-2H3. The fourth-order valence-corrected chi connectivity index (χ4v) is 2.78. The highest BCUT2D eigenvalue weighted by molar-refractivity contribution is 9.10. The summed E-state index contributed by atoms with van der Waals surface area (Å²) in [5.74, 6) is 1.62. The van der Waals surface area contributed by atoms with Gasteiger partial charge in [-0.25, -0.2) is 9.67 Å². The lowest BCUT2D eigenvalue weighted by Gasteiger charge is -2.07. The molecule has 0 atom stereocenters. The van der Waals surface area contributed by atoms with Crippen LogP contribution in [-0.2, 0) is 0 Å². The molecule has 21 heavy (non-hydrogen) atoms. The normalized spacial score (nSPS) is 10.8. The highest BCUT2D eigenvalue weighted by Gasteiger charge is 2.11. The molecule has 3 nitrogen and oxygen atoms in total. The number of benzene rings is 2. The monoisotopic (exact) mass is 359 g/mol. The Morgan fingerprint density at radius 2 is 1.67 bits per heavy atom. The summed E-state index contributed by atoms with van der Waals surface area (Å²) in [6.45, 7) is 1.91. The smallest absolute Gasteiger partial charge is 0.163 e. The second-order valence-corrected chi connectivity index (χ2v) is 6.39. The molecule has 5 heteroatoms. The number of hydrogen-bond acceptors (Lipinski definition) is 3. The minimum atomic E-state index is 0.766. The summed E-state index contributed by atoms with van der Waals surface area (Å²) >= 11 is 5.19. The Labute approximate surface area is 136 Å². The van der Waals surface area contributed by atoms with Gasteiger partial charge in [0.2, 0.25) is 0 Å². The summed E-state index contributed by atoms with van der Waals surface area (Å²) in [7, 11) is 0. The molecule has 3 aromatic rings. The summed E-state index contributed by atoms with van der Waals surface area (Å²) in [4.78, 5) is 5.80. The molecular weight excluding hydrogens is 346 g/mol. The van der Waals surface area contributed by atoms with Gasteiger partial charge < -0.3 is 0 Å². The van der Waals surface area contributed by atoms with E-state index in [0.29, 0.717) is 0 Å². The number of halogens is 1. The Bertz CT molecular complexity index is 748. The molecule has 0 bridgehead atoms. The maximum Gasteiger partial charge on any atom is 0.163 e. The van der Waals surface area contributed by atoms with Gasteiger partial charge in [-0.3, -0.25) is 0 Å². The van der Waals surface area contributed by atoms with E-state index in [4.69, 9.17) is 0 Å². The number of thioether (sulfide) groups is 1. The molecule has 0 unspecified atom stereocenters. The van der Waals surface area contributed by atoms with Crippen LogP contribution in [0.15, 0.2) is 57.9 Å². The summed E-state index contributed by atoms with van der Waals surface area (Å²) in [6, 6.07) is 16.5. The zero-order chi connectivity index (χ0) is 14.8. The van der Waals surface area contributed by atoms with Crippen molar-refractivity contribution >= 4 is 27.7 Å². The summed E-state index contributed by atoms with van der Waals surface area (Å²) in [5, 5.41) is 4.52. The molecule has 0 radical (unpaired) electrons. The Balaban J connectivity index is 2.08. The summed E-state index contributed by atoms with van der Waals surface area (Å²) in [6.07, 6.45) is 2.07. The molecule has 0 spiro atoms. The number of hydrogen-bond donors (Lipinski definition) is 0. The Morgan fingerprint density at radius 1 is 1.00 bits per heavy atom. The Hall–Kier alpha value is -1.59. The quantitative estimate of drug-likeness (QED) is 0.633. The average molecular weight is 360 g/mol. The molecule has 0 aliphatic carbocycles. The lowest BCUT2D eigenvalue weighted by atomic mass is 10.2. The van der Waals surface area contributed by atoms with E-state index < -0.39 is 0 Å². The van der Waals surface area contributed by atoms with Gasteiger partial charge in [0.15, 0.2) is 5.82 Å². The Kier molecular flexibility index (Phi) is 4.12. The molecule has 1 aromatic heterocycles. The van der Waals surface area contributed by atoms with Gasteiger partial charge in [0.25, 0.3) is 0 Å². The molecule has 106 valence electrons. The zero-order valence-corrected chi connectivity index (χ0v) is 14.1. The van der Waals surface area contributed by atoms with E-state index in [1.807, 2.05) is 35.9 Å². The van der Waals surface area contributed by atoms with Crippen LogP contribution in [0.5, 0.6) is 0 Å². The van der Waals surface area contributed by atoms with Crippen LogP contribution in [0.1, 0.15) is 5.82 Å². The second-order valence-electron chi connectivity index (χ2n) is 4.60. The molecule has 3 rings (SSSR count). The van der Waals surface area contributed by atoms with Gasteiger partial charge in [0.05, 0.1) is 5.69 Å². The largest absolute Gasteiger partial charge is 0.213 e. The zero-order valence-electron chi connectivity index (χ0n) is 11.7. The molecule has 0 N–H and O–H groups in total. The average Bonchev–Trinajstić information content (AvgIpc) is 2.90. The van der Waals surface area contributed by atoms with Gasteiger partial charge in [-0.05, 0) is 49.6 Å². The first-order valence-corrected chi connectivity index (χ1v) is 8.53. The van der Waals surface area contributed by atoms with E-state index in [2.05, 4.69) is 56.5 Å². The SMILES string of the molecule is CSc1ccc(-n2nc(C)nc2-c2ccc(Br)cc2)cc1. The number of aromatic nitrogens is 3. The topological polar surface area (TPSA) is 30.7 Å². The van der Waals surface area contributed by atoms with Crippen molar-refractivity contribution < 1.29 is 0 Å². The first kappa shape index (κ1) is 14.4. The number of nitrogens with zero attached hydrogens (tertiary/aromatic N) is 3. The third kappa shape index (κ3) is 3.04. The predicted octanol–water partition coefficient (Wildman–Crippen LogP) is 4.73. The maximum atomic E-state index is 4.56. The van der Waals surface area contributed by atoms with Gasteiger partial charge >= 0.3 is 0 Å². The number of rotatable bonds is 3. The molecule has 0 amide bonds. The molecule has 2 aromatic carbocycles. The first-order valence-electron chi connectivity index (χ1n) is 6.51. The highest BCUT2D eigenvalue weighted by atomic mass is 79.9. The molecule has 1 heterocycles. The highest BCUT2D eigenvalue weighted by Crippen LogP contribution is 2.24. The third-order valence-corrected chi connectivity index (χ3v) is 4.40. The predicted molar refractivity (Wildman–Crippen MR) is 91.0 cm³/mol. The van der Waals surface area contributed by atoms with Gasteiger partial charge in [0, 0.05) is 14.9 Å². The number of aryl methyl sites for hydroxylation is 1. The van der Waals surface area contributed by atoms with Gasteiger partial charge in [-0.2, -0.15) is 5.10 Å². The molecule has 0 saturated carbocycles. The summed E-state index contributed by atoms with van der Waals surface area (Å²) < 4.78 is 2.95. The fraction of sp³-hybridized carbons (Fsp3) is 0.125. The van der Waals surface area contributed by atoms with Crippen LogP contribution in [0.25, 0.3) is 17.1 Å². The van der Waals surface area contributed by atoms with E-state index in [1.54, 1.807) is 11.8 Å². The van der Waals surface area contributed by atoms with Crippen molar-refractivity contribution in [2.45, 2.75) is 11.8 Å². The van der Waals surface area contributed by atoms with Crippen molar-refractivity contribution in [1.29, 1.82) is 0 Å². The molecule has 0 fully saturated rings. The molecular formula is C16H14BrN3S. The van der Waals surface area contributed by atoms with Crippen molar-refractivity contribution in [1.82, 2.24) is 14.8 Å². The van der Waals surface area contributed by atoms with E-state index in [1.165, 1.54) is 4.90 Å². The Morgan fingerprint density at radius 3 is 2.29 bits per heavy atom. The second kappa shape index (κ2) is 6.03. The van der Waals surface area contributed by atoms with Crippen LogP contribution < -0.4 is 0 Å². The van der Waals surface area contributed by atoms with E-state index in [0.717, 1.165) is 27.4 Å². The first-order chi connectivity index (χ1) is 10.2. The van der Waals surface area contributed by atoms with Gasteiger partial charge in [0.1, 0.15) is 5.82 Å². The lowest BCUT2D eigenvalue weighted by molar-refractivity contribution is 0.868. The van der Waals surface area contributed by atoms with E-state index in [-0.39, 0.29) is 0 Å². The minimum Gasteiger partial charge on any atom is -0.213 e. The van der Waals surface area contributed by atoms with Crippen LogP contribution >= 0.6 is 27.7 Å². The van der Waals surface area contributed by atoms with Crippen molar-refractivity contribution in [2.75, 3.05) is 6.26 Å². The van der Waals surface area contributed by atoms with Crippen molar-refractivity contribution in [3.8, 4) is 17.1 Å². The van der Waals surface area contributed by atoms with Crippen molar-refractivity contribution in [3.63, 3.8) is 0 Å². The maximum absolute atomic E-state index is 4.56. The van der Waals surface area contributed by atoms with Crippen LogP contribution in [0, 0.1) is 6.92 Å². The minimum absolute atomic E-state index is 0.766. The van der Waals surface area contributed by atoms with Crippen molar-refractivity contribution in [2.24, 2.45) is 0 Å². The molecule has 0 saturated heterocycles. The summed E-state index contributed by atoms with van der Waals surface area (Å²) in [5.41, 5.74) is 2.07. The molecule has 0 aliphatic rings.